The molecule has 0 saturated carbocycles. The molecule has 0 amide bonds. The smallest absolute Gasteiger partial charge is 0.0649 e. The second-order valence-electron chi connectivity index (χ2n) is 4.39. The lowest BCUT2D eigenvalue weighted by Gasteiger charge is -2.13. The van der Waals surface area contributed by atoms with E-state index in [4.69, 9.17) is 5.73 Å². The van der Waals surface area contributed by atoms with Crippen LogP contribution in [0.15, 0.2) is 28.7 Å². The molecule has 2 aromatic rings. The van der Waals surface area contributed by atoms with E-state index >= 15 is 0 Å². The Morgan fingerprint density at radius 2 is 1.82 bits per heavy atom. The maximum atomic E-state index is 6.34. The van der Waals surface area contributed by atoms with Gasteiger partial charge < -0.3 is 5.73 Å². The Bertz CT molecular complexity index is 545. The molecule has 0 aliphatic rings. The lowest BCUT2D eigenvalue weighted by Crippen LogP contribution is -2.11. The van der Waals surface area contributed by atoms with Gasteiger partial charge in [0, 0.05) is 14.2 Å². The van der Waals surface area contributed by atoms with Gasteiger partial charge in [-0.3, -0.25) is 0 Å². The van der Waals surface area contributed by atoms with Crippen molar-refractivity contribution in [3.05, 3.63) is 55.2 Å². The van der Waals surface area contributed by atoms with Gasteiger partial charge in [0.2, 0.25) is 0 Å². The number of hydrogen-bond donors (Lipinski definition) is 1. The molecule has 2 N–H and O–H groups in total. The molecule has 2 rings (SSSR count). The van der Waals surface area contributed by atoms with Gasteiger partial charge in [0.25, 0.3) is 0 Å². The van der Waals surface area contributed by atoms with Gasteiger partial charge in [-0.05, 0) is 49.6 Å². The number of benzene rings is 1. The van der Waals surface area contributed by atoms with Crippen LogP contribution in [0, 0.1) is 20.8 Å². The van der Waals surface area contributed by atoms with Crippen molar-refractivity contribution in [3.8, 4) is 0 Å². The highest BCUT2D eigenvalue weighted by Gasteiger charge is 2.14. The van der Waals surface area contributed by atoms with Crippen LogP contribution < -0.4 is 5.73 Å². The summed E-state index contributed by atoms with van der Waals surface area (Å²) in [5.41, 5.74) is 10.0. The summed E-state index contributed by atoms with van der Waals surface area (Å²) >= 11 is 5.35. The minimum Gasteiger partial charge on any atom is -0.320 e. The Hall–Kier alpha value is -0.640. The monoisotopic (exact) mass is 309 g/mol. The fourth-order valence-electron chi connectivity index (χ4n) is 1.92. The molecule has 1 heterocycles. The fourth-order valence-corrected chi connectivity index (χ4v) is 3.38. The molecule has 0 bridgehead atoms. The molecule has 0 fully saturated rings. The first-order valence-corrected chi connectivity index (χ1v) is 7.18. The van der Waals surface area contributed by atoms with Gasteiger partial charge in [-0.2, -0.15) is 0 Å². The molecule has 1 nitrogen and oxygen atoms in total. The van der Waals surface area contributed by atoms with Gasteiger partial charge in [-0.15, -0.1) is 11.3 Å². The maximum absolute atomic E-state index is 6.34. The van der Waals surface area contributed by atoms with E-state index in [1.807, 2.05) is 0 Å². The van der Waals surface area contributed by atoms with E-state index in [1.165, 1.54) is 20.9 Å². The van der Waals surface area contributed by atoms with E-state index in [0.29, 0.717) is 0 Å². The van der Waals surface area contributed by atoms with E-state index in [-0.39, 0.29) is 6.04 Å². The molecule has 0 aliphatic heterocycles. The molecule has 1 aromatic carbocycles. The predicted octanol–water partition coefficient (Wildman–Crippen LogP) is 4.48. The second kappa shape index (κ2) is 4.92. The number of nitrogens with two attached hydrogens (primary N) is 1. The molecule has 90 valence electrons. The van der Waals surface area contributed by atoms with E-state index in [9.17, 15) is 0 Å². The molecule has 0 aliphatic carbocycles. The van der Waals surface area contributed by atoms with Gasteiger partial charge in [0.1, 0.15) is 0 Å². The maximum Gasteiger partial charge on any atom is 0.0649 e. The van der Waals surface area contributed by atoms with Crippen molar-refractivity contribution in [2.45, 2.75) is 26.8 Å². The summed E-state index contributed by atoms with van der Waals surface area (Å²) in [7, 11) is 0. The summed E-state index contributed by atoms with van der Waals surface area (Å²) in [5.74, 6) is 0. The molecule has 1 atom stereocenters. The van der Waals surface area contributed by atoms with E-state index in [0.717, 1.165) is 10.0 Å². The molecule has 17 heavy (non-hydrogen) atoms. The van der Waals surface area contributed by atoms with Crippen LogP contribution in [0.2, 0.25) is 0 Å². The third-order valence-corrected chi connectivity index (χ3v) is 5.01. The normalized spacial score (nSPS) is 12.8. The summed E-state index contributed by atoms with van der Waals surface area (Å²) in [6.45, 7) is 6.33. The second-order valence-corrected chi connectivity index (χ2v) is 6.53. The standard InChI is InChI=1S/C14H16BrNS/c1-8-4-5-11(7-12(8)15)13(16)14-9(2)6-10(3)17-14/h4-7,13H,16H2,1-3H3. The van der Waals surface area contributed by atoms with Crippen LogP contribution in [0.25, 0.3) is 0 Å². The summed E-state index contributed by atoms with van der Waals surface area (Å²) in [4.78, 5) is 2.58. The Balaban J connectivity index is 2.40. The van der Waals surface area contributed by atoms with Gasteiger partial charge in [0.15, 0.2) is 0 Å². The predicted molar refractivity (Wildman–Crippen MR) is 78.7 cm³/mol. The number of hydrogen-bond acceptors (Lipinski definition) is 2. The van der Waals surface area contributed by atoms with Crippen molar-refractivity contribution < 1.29 is 0 Å². The number of aryl methyl sites for hydroxylation is 3. The third kappa shape index (κ3) is 2.62. The molecular weight excluding hydrogens is 294 g/mol. The van der Waals surface area contributed by atoms with Crippen LogP contribution in [-0.2, 0) is 0 Å². The highest BCUT2D eigenvalue weighted by Crippen LogP contribution is 2.31. The van der Waals surface area contributed by atoms with Gasteiger partial charge in [0.05, 0.1) is 6.04 Å². The Kier molecular flexibility index (Phi) is 3.71. The van der Waals surface area contributed by atoms with Gasteiger partial charge >= 0.3 is 0 Å². The Morgan fingerprint density at radius 3 is 2.35 bits per heavy atom. The SMILES string of the molecule is Cc1cc(C)c(C(N)c2ccc(C)c(Br)c2)s1. The molecule has 0 radical (unpaired) electrons. The van der Waals surface area contributed by atoms with Gasteiger partial charge in [-0.25, -0.2) is 0 Å². The molecule has 3 heteroatoms. The molecule has 1 unspecified atom stereocenters. The molecule has 0 spiro atoms. The van der Waals surface area contributed by atoms with Crippen LogP contribution in [0.1, 0.15) is 32.5 Å². The minimum atomic E-state index is -0.0226. The quantitative estimate of drug-likeness (QED) is 0.869. The fraction of sp³-hybridized carbons (Fsp3) is 0.286. The summed E-state index contributed by atoms with van der Waals surface area (Å²) < 4.78 is 1.12. The first-order chi connectivity index (χ1) is 7.99. The van der Waals surface area contributed by atoms with Crippen LogP contribution in [0.3, 0.4) is 0 Å². The highest BCUT2D eigenvalue weighted by molar-refractivity contribution is 9.10. The topological polar surface area (TPSA) is 26.0 Å². The number of thiophene rings is 1. The lowest BCUT2D eigenvalue weighted by atomic mass is 10.0. The van der Waals surface area contributed by atoms with Crippen molar-refractivity contribution in [1.29, 1.82) is 0 Å². The van der Waals surface area contributed by atoms with Crippen LogP contribution >= 0.6 is 27.3 Å². The van der Waals surface area contributed by atoms with Crippen LogP contribution in [0.5, 0.6) is 0 Å². The van der Waals surface area contributed by atoms with E-state index in [1.54, 1.807) is 11.3 Å². The van der Waals surface area contributed by atoms with Crippen LogP contribution in [0.4, 0.5) is 0 Å². The largest absolute Gasteiger partial charge is 0.320 e. The van der Waals surface area contributed by atoms with Crippen molar-refractivity contribution >= 4 is 27.3 Å². The first kappa shape index (κ1) is 12.8. The third-order valence-electron chi connectivity index (χ3n) is 2.92. The summed E-state index contributed by atoms with van der Waals surface area (Å²) in [6.07, 6.45) is 0. The number of halogens is 1. The van der Waals surface area contributed by atoms with Crippen molar-refractivity contribution in [2.75, 3.05) is 0 Å². The average molecular weight is 310 g/mol. The summed E-state index contributed by atoms with van der Waals surface area (Å²) in [6, 6.07) is 8.51. The first-order valence-electron chi connectivity index (χ1n) is 5.57. The molecular formula is C14H16BrNS. The van der Waals surface area contributed by atoms with Gasteiger partial charge in [-0.1, -0.05) is 28.1 Å². The van der Waals surface area contributed by atoms with Crippen LogP contribution in [-0.4, -0.2) is 0 Å². The zero-order valence-corrected chi connectivity index (χ0v) is 12.7. The lowest BCUT2D eigenvalue weighted by molar-refractivity contribution is 0.883. The Morgan fingerprint density at radius 1 is 1.12 bits per heavy atom. The zero-order chi connectivity index (χ0) is 12.6. The molecule has 0 saturated heterocycles. The van der Waals surface area contributed by atoms with Crippen molar-refractivity contribution in [2.24, 2.45) is 5.73 Å². The van der Waals surface area contributed by atoms with E-state index < -0.39 is 0 Å². The number of rotatable bonds is 2. The molecule has 1 aromatic heterocycles. The zero-order valence-electron chi connectivity index (χ0n) is 10.3. The highest BCUT2D eigenvalue weighted by atomic mass is 79.9. The Labute approximate surface area is 115 Å². The summed E-state index contributed by atoms with van der Waals surface area (Å²) in [5, 5.41) is 0. The van der Waals surface area contributed by atoms with Crippen molar-refractivity contribution in [1.82, 2.24) is 0 Å². The minimum absolute atomic E-state index is 0.0226. The average Bonchev–Trinajstić information content (AvgIpc) is 2.61. The van der Waals surface area contributed by atoms with Crippen molar-refractivity contribution in [3.63, 3.8) is 0 Å². The van der Waals surface area contributed by atoms with E-state index in [2.05, 4.69) is 61.0 Å².